The minimum absolute atomic E-state index is 0.117. The summed E-state index contributed by atoms with van der Waals surface area (Å²) in [6.07, 6.45) is 6.22. The topological polar surface area (TPSA) is 120 Å². The summed E-state index contributed by atoms with van der Waals surface area (Å²) in [4.78, 5) is 14.1. The lowest BCUT2D eigenvalue weighted by Crippen LogP contribution is -2.43. The van der Waals surface area contributed by atoms with Gasteiger partial charge in [-0.25, -0.2) is 4.98 Å². The molecule has 2 atom stereocenters. The van der Waals surface area contributed by atoms with E-state index in [4.69, 9.17) is 21.4 Å². The molecule has 154 valence electrons. The maximum absolute atomic E-state index is 6.33. The molecule has 0 aliphatic heterocycles. The molecule has 2 heterocycles. The number of rotatable bonds is 5. The van der Waals surface area contributed by atoms with E-state index >= 15 is 0 Å². The largest absolute Gasteiger partial charge is 0.399 e. The monoisotopic (exact) mass is 394 g/mol. The standard InChI is InChI=1S/C21H30N8/c1-12(2)29-11-24-18-19(25-15-9-13(3)8-14(22)10-15)27-21(28-20(18)29)26-17-7-5-4-6-16(17)23/h8-12,16-17H,4-7,22-23H2,1-3H3,(H2,25,26,27,28)/t16-,17+/m1/s1. The van der Waals surface area contributed by atoms with E-state index in [1.165, 1.54) is 12.8 Å². The second-order valence-corrected chi connectivity index (χ2v) is 8.27. The van der Waals surface area contributed by atoms with Crippen LogP contribution in [0.25, 0.3) is 11.2 Å². The maximum atomic E-state index is 6.33. The summed E-state index contributed by atoms with van der Waals surface area (Å²) >= 11 is 0. The quantitative estimate of drug-likeness (QED) is 0.487. The molecule has 1 aliphatic rings. The van der Waals surface area contributed by atoms with Crippen LogP contribution in [0.1, 0.15) is 51.1 Å². The van der Waals surface area contributed by atoms with Crippen LogP contribution in [0.3, 0.4) is 0 Å². The molecule has 1 fully saturated rings. The predicted molar refractivity (Wildman–Crippen MR) is 118 cm³/mol. The van der Waals surface area contributed by atoms with Gasteiger partial charge in [0.15, 0.2) is 17.0 Å². The Morgan fingerprint density at radius 2 is 1.93 bits per heavy atom. The highest BCUT2D eigenvalue weighted by molar-refractivity contribution is 5.87. The third-order valence-corrected chi connectivity index (χ3v) is 5.47. The van der Waals surface area contributed by atoms with Crippen molar-refractivity contribution in [3.05, 3.63) is 30.1 Å². The zero-order chi connectivity index (χ0) is 20.5. The van der Waals surface area contributed by atoms with E-state index in [0.717, 1.165) is 35.3 Å². The highest BCUT2D eigenvalue weighted by Crippen LogP contribution is 2.28. The van der Waals surface area contributed by atoms with Gasteiger partial charge < -0.3 is 26.7 Å². The molecule has 0 radical (unpaired) electrons. The number of nitrogens with one attached hydrogen (secondary N) is 2. The van der Waals surface area contributed by atoms with Gasteiger partial charge in [0.25, 0.3) is 0 Å². The van der Waals surface area contributed by atoms with Crippen molar-refractivity contribution in [3.8, 4) is 0 Å². The van der Waals surface area contributed by atoms with Gasteiger partial charge in [0.05, 0.1) is 6.33 Å². The Bertz CT molecular complexity index is 989. The molecule has 0 unspecified atom stereocenters. The van der Waals surface area contributed by atoms with Crippen LogP contribution in [0.15, 0.2) is 24.5 Å². The molecule has 29 heavy (non-hydrogen) atoms. The third-order valence-electron chi connectivity index (χ3n) is 5.47. The van der Waals surface area contributed by atoms with Gasteiger partial charge in [0.1, 0.15) is 0 Å². The molecular formula is C21H30N8. The van der Waals surface area contributed by atoms with Crippen molar-refractivity contribution in [3.63, 3.8) is 0 Å². The van der Waals surface area contributed by atoms with Gasteiger partial charge in [-0.15, -0.1) is 0 Å². The molecule has 0 amide bonds. The number of aryl methyl sites for hydroxylation is 1. The SMILES string of the molecule is Cc1cc(N)cc(Nc2nc(N[C@H]3CCCC[C@H]3N)nc3c2ncn3C(C)C)c1. The van der Waals surface area contributed by atoms with Crippen molar-refractivity contribution in [2.75, 3.05) is 16.4 Å². The van der Waals surface area contributed by atoms with E-state index in [2.05, 4.69) is 34.0 Å². The van der Waals surface area contributed by atoms with E-state index in [9.17, 15) is 0 Å². The van der Waals surface area contributed by atoms with Crippen LogP contribution in [0, 0.1) is 6.92 Å². The minimum Gasteiger partial charge on any atom is -0.399 e. The van der Waals surface area contributed by atoms with Crippen molar-refractivity contribution in [2.45, 2.75) is 64.6 Å². The fraction of sp³-hybridized carbons (Fsp3) is 0.476. The lowest BCUT2D eigenvalue weighted by molar-refractivity contribution is 0.402. The van der Waals surface area contributed by atoms with Crippen LogP contribution < -0.4 is 22.1 Å². The van der Waals surface area contributed by atoms with Crippen molar-refractivity contribution in [2.24, 2.45) is 5.73 Å². The van der Waals surface area contributed by atoms with Crippen LogP contribution in [-0.2, 0) is 0 Å². The number of nitrogens with zero attached hydrogens (tertiary/aromatic N) is 4. The Balaban J connectivity index is 1.75. The molecular weight excluding hydrogens is 364 g/mol. The van der Waals surface area contributed by atoms with E-state index in [1.54, 1.807) is 0 Å². The molecule has 6 N–H and O–H groups in total. The van der Waals surface area contributed by atoms with E-state index < -0.39 is 0 Å². The third kappa shape index (κ3) is 4.12. The lowest BCUT2D eigenvalue weighted by Gasteiger charge is -2.29. The first-order valence-electron chi connectivity index (χ1n) is 10.3. The first-order valence-corrected chi connectivity index (χ1v) is 10.3. The summed E-state index contributed by atoms with van der Waals surface area (Å²) in [5.74, 6) is 1.23. The normalized spacial score (nSPS) is 19.6. The van der Waals surface area contributed by atoms with Crippen LogP contribution in [0.2, 0.25) is 0 Å². The number of hydrogen-bond acceptors (Lipinski definition) is 7. The Morgan fingerprint density at radius 1 is 1.14 bits per heavy atom. The van der Waals surface area contributed by atoms with Gasteiger partial charge in [-0.2, -0.15) is 9.97 Å². The van der Waals surface area contributed by atoms with Crippen LogP contribution in [0.5, 0.6) is 0 Å². The molecule has 1 aromatic carbocycles. The number of benzene rings is 1. The molecule has 0 saturated heterocycles. The first kappa shape index (κ1) is 19.4. The maximum Gasteiger partial charge on any atom is 0.227 e. The van der Waals surface area contributed by atoms with Crippen molar-refractivity contribution >= 4 is 34.3 Å². The second kappa shape index (κ2) is 7.87. The molecule has 8 nitrogen and oxygen atoms in total. The molecule has 8 heteroatoms. The predicted octanol–water partition coefficient (Wildman–Crippen LogP) is 3.72. The number of hydrogen-bond donors (Lipinski definition) is 4. The Hall–Kier alpha value is -2.87. The molecule has 3 aromatic rings. The highest BCUT2D eigenvalue weighted by Gasteiger charge is 2.23. The number of nitrogen functional groups attached to an aromatic ring is 1. The lowest BCUT2D eigenvalue weighted by atomic mass is 9.91. The van der Waals surface area contributed by atoms with E-state index in [1.807, 2.05) is 31.5 Å². The van der Waals surface area contributed by atoms with Gasteiger partial charge >= 0.3 is 0 Å². The zero-order valence-electron chi connectivity index (χ0n) is 17.3. The first-order chi connectivity index (χ1) is 13.9. The molecule has 2 aromatic heterocycles. The molecule has 1 aliphatic carbocycles. The number of anilines is 4. The van der Waals surface area contributed by atoms with Crippen LogP contribution >= 0.6 is 0 Å². The summed E-state index contributed by atoms with van der Waals surface area (Å²) in [5.41, 5.74) is 16.5. The second-order valence-electron chi connectivity index (χ2n) is 8.27. The number of imidazole rings is 1. The van der Waals surface area contributed by atoms with Crippen molar-refractivity contribution in [1.82, 2.24) is 19.5 Å². The van der Waals surface area contributed by atoms with Gasteiger partial charge in [0, 0.05) is 29.5 Å². The van der Waals surface area contributed by atoms with Crippen molar-refractivity contribution in [1.29, 1.82) is 0 Å². The summed E-state index contributed by atoms with van der Waals surface area (Å²) in [5, 5.41) is 6.87. The molecule has 0 bridgehead atoms. The average molecular weight is 395 g/mol. The van der Waals surface area contributed by atoms with Gasteiger partial charge in [-0.05, 0) is 57.4 Å². The van der Waals surface area contributed by atoms with Gasteiger partial charge in [0.2, 0.25) is 5.95 Å². The van der Waals surface area contributed by atoms with Gasteiger partial charge in [-0.3, -0.25) is 0 Å². The smallest absolute Gasteiger partial charge is 0.227 e. The summed E-state index contributed by atoms with van der Waals surface area (Å²) in [6, 6.07) is 6.40. The summed E-state index contributed by atoms with van der Waals surface area (Å²) < 4.78 is 2.05. The van der Waals surface area contributed by atoms with Crippen molar-refractivity contribution < 1.29 is 0 Å². The van der Waals surface area contributed by atoms with Crippen LogP contribution in [0.4, 0.5) is 23.1 Å². The Kier molecular flexibility index (Phi) is 5.27. The minimum atomic E-state index is 0.117. The summed E-state index contributed by atoms with van der Waals surface area (Å²) in [6.45, 7) is 6.24. The number of nitrogens with two attached hydrogens (primary N) is 2. The molecule has 4 rings (SSSR count). The number of aromatic nitrogens is 4. The highest BCUT2D eigenvalue weighted by atomic mass is 15.2. The van der Waals surface area contributed by atoms with E-state index in [-0.39, 0.29) is 18.1 Å². The van der Waals surface area contributed by atoms with E-state index in [0.29, 0.717) is 17.5 Å². The fourth-order valence-electron chi connectivity index (χ4n) is 3.97. The van der Waals surface area contributed by atoms with Crippen LogP contribution in [-0.4, -0.2) is 31.6 Å². The number of fused-ring (bicyclic) bond motifs is 1. The van der Waals surface area contributed by atoms with Gasteiger partial charge in [-0.1, -0.05) is 12.8 Å². The Labute approximate surface area is 171 Å². The molecule has 0 spiro atoms. The average Bonchev–Trinajstić information content (AvgIpc) is 3.07. The Morgan fingerprint density at radius 3 is 2.66 bits per heavy atom. The fourth-order valence-corrected chi connectivity index (χ4v) is 3.97. The summed E-state index contributed by atoms with van der Waals surface area (Å²) in [7, 11) is 0. The molecule has 1 saturated carbocycles. The zero-order valence-corrected chi connectivity index (χ0v) is 17.3.